The van der Waals surface area contributed by atoms with Gasteiger partial charge in [-0.15, -0.1) is 11.3 Å². The molecule has 0 atom stereocenters. The largest absolute Gasteiger partial charge is 0.459 e. The maximum Gasteiger partial charge on any atom is 0.338 e. The van der Waals surface area contributed by atoms with Gasteiger partial charge in [0, 0.05) is 10.6 Å². The third kappa shape index (κ3) is 3.99. The number of fused-ring (bicyclic) bond motifs is 1. The van der Waals surface area contributed by atoms with E-state index in [0.717, 1.165) is 20.8 Å². The van der Waals surface area contributed by atoms with E-state index in [2.05, 4.69) is 9.97 Å². The lowest BCUT2D eigenvalue weighted by molar-refractivity contribution is 0.0378. The molecular weight excluding hydrogens is 368 g/mol. The number of nitrogens with one attached hydrogen (secondary N) is 1. The zero-order valence-electron chi connectivity index (χ0n) is 15.1. The van der Waals surface area contributed by atoms with Gasteiger partial charge in [-0.25, -0.2) is 9.78 Å². The predicted molar refractivity (Wildman–Crippen MR) is 106 cm³/mol. The number of aromatic amines is 1. The molecule has 0 unspecified atom stereocenters. The molecule has 7 heteroatoms. The van der Waals surface area contributed by atoms with Crippen LogP contribution in [0.5, 0.6) is 0 Å². The average Bonchev–Trinajstić information content (AvgIpc) is 2.87. The van der Waals surface area contributed by atoms with Crippen molar-refractivity contribution in [1.82, 2.24) is 9.97 Å². The van der Waals surface area contributed by atoms with Crippen LogP contribution in [0.2, 0.25) is 0 Å². The number of rotatable bonds is 5. The molecule has 136 valence electrons. The van der Waals surface area contributed by atoms with Crippen LogP contribution in [-0.4, -0.2) is 22.0 Å². The number of aromatic nitrogens is 2. The van der Waals surface area contributed by atoms with E-state index in [1.54, 1.807) is 23.5 Å². The number of carbonyl (C=O) groups excluding carboxylic acids is 1. The molecule has 0 radical (unpaired) electrons. The van der Waals surface area contributed by atoms with E-state index >= 15 is 0 Å². The van der Waals surface area contributed by atoms with Gasteiger partial charge in [0.2, 0.25) is 0 Å². The lowest BCUT2D eigenvalue weighted by Gasteiger charge is -2.08. The fourth-order valence-corrected chi connectivity index (χ4v) is 4.38. The predicted octanol–water partition coefficient (Wildman–Crippen LogP) is 4.46. The van der Waals surface area contributed by atoms with Crippen LogP contribution in [0, 0.1) is 13.8 Å². The van der Waals surface area contributed by atoms with Crippen LogP contribution >= 0.6 is 23.1 Å². The van der Waals surface area contributed by atoms with E-state index in [9.17, 15) is 9.59 Å². The maximum atomic E-state index is 12.3. The number of thiophene rings is 1. The highest BCUT2D eigenvalue weighted by Gasteiger charge is 2.12. The molecule has 1 N–H and O–H groups in total. The van der Waals surface area contributed by atoms with Crippen LogP contribution in [0.1, 0.15) is 40.2 Å². The molecule has 0 saturated heterocycles. The molecule has 0 aliphatic rings. The van der Waals surface area contributed by atoms with Gasteiger partial charge < -0.3 is 9.72 Å². The first kappa shape index (κ1) is 18.7. The number of ether oxygens (including phenoxy) is 1. The summed E-state index contributed by atoms with van der Waals surface area (Å²) in [6, 6.07) is 7.29. The van der Waals surface area contributed by atoms with Crippen molar-refractivity contribution < 1.29 is 9.53 Å². The Labute approximate surface area is 159 Å². The summed E-state index contributed by atoms with van der Waals surface area (Å²) in [6.07, 6.45) is -0.139. The molecule has 0 spiro atoms. The standard InChI is InChI=1S/C19H20N2O3S2/c1-10(2)24-18(23)14-7-5-13(6-8-14)9-25-19-20-16(22)15-11(3)12(4)26-17(15)21-19/h5-8,10H,9H2,1-4H3,(H,20,21,22). The molecule has 0 aliphatic carbocycles. The first-order valence-electron chi connectivity index (χ1n) is 8.28. The lowest BCUT2D eigenvalue weighted by atomic mass is 10.1. The Morgan fingerprint density at radius 1 is 1.27 bits per heavy atom. The first-order chi connectivity index (χ1) is 12.3. The minimum atomic E-state index is -0.320. The zero-order valence-corrected chi connectivity index (χ0v) is 16.7. The Hall–Kier alpha value is -2.12. The number of thioether (sulfide) groups is 1. The minimum absolute atomic E-state index is 0.0915. The average molecular weight is 389 g/mol. The van der Waals surface area contributed by atoms with E-state index in [-0.39, 0.29) is 17.6 Å². The van der Waals surface area contributed by atoms with Gasteiger partial charge in [-0.2, -0.15) is 0 Å². The lowest BCUT2D eigenvalue weighted by Crippen LogP contribution is -2.11. The molecule has 3 rings (SSSR count). The topological polar surface area (TPSA) is 72.0 Å². The van der Waals surface area contributed by atoms with Gasteiger partial charge in [0.05, 0.1) is 17.1 Å². The van der Waals surface area contributed by atoms with E-state index < -0.39 is 0 Å². The number of nitrogens with zero attached hydrogens (tertiary/aromatic N) is 1. The molecule has 26 heavy (non-hydrogen) atoms. The van der Waals surface area contributed by atoms with Crippen LogP contribution in [0.15, 0.2) is 34.2 Å². The van der Waals surface area contributed by atoms with Gasteiger partial charge in [-0.05, 0) is 51.0 Å². The van der Waals surface area contributed by atoms with E-state index in [1.165, 1.54) is 11.8 Å². The summed E-state index contributed by atoms with van der Waals surface area (Å²) < 4.78 is 5.18. The van der Waals surface area contributed by atoms with Crippen LogP contribution < -0.4 is 5.56 Å². The number of esters is 1. The summed E-state index contributed by atoms with van der Waals surface area (Å²) >= 11 is 3.01. The van der Waals surface area contributed by atoms with Gasteiger partial charge >= 0.3 is 5.97 Å². The molecule has 0 bridgehead atoms. The number of benzene rings is 1. The first-order valence-corrected chi connectivity index (χ1v) is 10.1. The highest BCUT2D eigenvalue weighted by molar-refractivity contribution is 7.98. The van der Waals surface area contributed by atoms with Gasteiger partial charge in [0.1, 0.15) is 4.83 Å². The summed E-state index contributed by atoms with van der Waals surface area (Å²) in [5.74, 6) is 0.330. The monoisotopic (exact) mass is 388 g/mol. The number of hydrogen-bond donors (Lipinski definition) is 1. The third-order valence-electron chi connectivity index (χ3n) is 3.93. The molecular formula is C19H20N2O3S2. The molecule has 0 fully saturated rings. The second-order valence-electron chi connectivity index (χ2n) is 6.27. The van der Waals surface area contributed by atoms with Gasteiger partial charge in [-0.1, -0.05) is 23.9 Å². The van der Waals surface area contributed by atoms with Crippen molar-refractivity contribution in [2.24, 2.45) is 0 Å². The van der Waals surface area contributed by atoms with Crippen molar-refractivity contribution in [2.75, 3.05) is 0 Å². The second kappa shape index (κ2) is 7.63. The summed E-state index contributed by atoms with van der Waals surface area (Å²) in [7, 11) is 0. The molecule has 0 aliphatic heterocycles. The van der Waals surface area contributed by atoms with Crippen LogP contribution in [0.4, 0.5) is 0 Å². The fraction of sp³-hybridized carbons (Fsp3) is 0.316. The minimum Gasteiger partial charge on any atom is -0.459 e. The Morgan fingerprint density at radius 3 is 2.62 bits per heavy atom. The highest BCUT2D eigenvalue weighted by Crippen LogP contribution is 2.28. The van der Waals surface area contributed by atoms with E-state index in [1.807, 2.05) is 39.8 Å². The summed E-state index contributed by atoms with van der Waals surface area (Å²) in [5, 5.41) is 1.29. The molecule has 2 heterocycles. The smallest absolute Gasteiger partial charge is 0.338 e. The van der Waals surface area contributed by atoms with Crippen molar-refractivity contribution in [3.05, 3.63) is 56.2 Å². The van der Waals surface area contributed by atoms with E-state index in [0.29, 0.717) is 21.9 Å². The van der Waals surface area contributed by atoms with Gasteiger partial charge in [-0.3, -0.25) is 4.79 Å². The Kier molecular flexibility index (Phi) is 5.48. The number of H-pyrrole nitrogens is 1. The SMILES string of the molecule is Cc1sc2nc(SCc3ccc(C(=O)OC(C)C)cc3)[nH]c(=O)c2c1C. The number of hydrogen-bond acceptors (Lipinski definition) is 6. The Balaban J connectivity index is 1.72. The fourth-order valence-electron chi connectivity index (χ4n) is 2.47. The van der Waals surface area contributed by atoms with Crippen molar-refractivity contribution in [2.45, 2.75) is 44.7 Å². The Morgan fingerprint density at radius 2 is 1.96 bits per heavy atom. The molecule has 1 aromatic carbocycles. The number of carbonyl (C=O) groups is 1. The summed E-state index contributed by atoms with van der Waals surface area (Å²) in [6.45, 7) is 7.59. The quantitative estimate of drug-likeness (QED) is 0.397. The molecule has 5 nitrogen and oxygen atoms in total. The maximum absolute atomic E-state index is 12.3. The summed E-state index contributed by atoms with van der Waals surface area (Å²) in [5.41, 5.74) is 2.48. The Bertz CT molecular complexity index is 1000. The van der Waals surface area contributed by atoms with Gasteiger partial charge in [0.15, 0.2) is 5.16 Å². The molecule has 3 aromatic rings. The van der Waals surface area contributed by atoms with Crippen molar-refractivity contribution in [1.29, 1.82) is 0 Å². The van der Waals surface area contributed by atoms with Crippen molar-refractivity contribution >= 4 is 39.3 Å². The van der Waals surface area contributed by atoms with Gasteiger partial charge in [0.25, 0.3) is 5.56 Å². The highest BCUT2D eigenvalue weighted by atomic mass is 32.2. The zero-order chi connectivity index (χ0) is 18.8. The normalized spacial score (nSPS) is 11.3. The second-order valence-corrected chi connectivity index (χ2v) is 8.44. The third-order valence-corrected chi connectivity index (χ3v) is 5.97. The summed E-state index contributed by atoms with van der Waals surface area (Å²) in [4.78, 5) is 33.5. The number of aryl methyl sites for hydroxylation is 2. The molecule has 2 aromatic heterocycles. The molecule has 0 amide bonds. The van der Waals surface area contributed by atoms with Crippen molar-refractivity contribution in [3.63, 3.8) is 0 Å². The van der Waals surface area contributed by atoms with Crippen LogP contribution in [0.3, 0.4) is 0 Å². The van der Waals surface area contributed by atoms with Crippen molar-refractivity contribution in [3.8, 4) is 0 Å². The van der Waals surface area contributed by atoms with Crippen LogP contribution in [-0.2, 0) is 10.5 Å². The molecule has 0 saturated carbocycles. The van der Waals surface area contributed by atoms with Crippen LogP contribution in [0.25, 0.3) is 10.2 Å². The van der Waals surface area contributed by atoms with E-state index in [4.69, 9.17) is 4.74 Å².